The van der Waals surface area contributed by atoms with E-state index in [9.17, 15) is 9.59 Å². The van der Waals surface area contributed by atoms with Gasteiger partial charge in [-0.05, 0) is 23.0 Å². The lowest BCUT2D eigenvalue weighted by Gasteiger charge is -2.18. The first-order valence-electron chi connectivity index (χ1n) is 6.16. The van der Waals surface area contributed by atoms with Crippen molar-refractivity contribution in [1.29, 1.82) is 0 Å². The molecule has 16 heavy (non-hydrogen) atoms. The number of hydrogen-bond acceptors (Lipinski definition) is 2. The van der Waals surface area contributed by atoms with Gasteiger partial charge in [0.15, 0.2) is 10.2 Å². The summed E-state index contributed by atoms with van der Waals surface area (Å²) in [4.78, 5) is 23.6. The predicted molar refractivity (Wildman–Crippen MR) is 79.4 cm³/mol. The van der Waals surface area contributed by atoms with E-state index in [4.69, 9.17) is 0 Å². The summed E-state index contributed by atoms with van der Waals surface area (Å²) in [5.41, 5.74) is 0. The molecule has 0 N–H and O–H groups in total. The Labute approximate surface area is 105 Å². The Morgan fingerprint density at radius 1 is 0.688 bits per heavy atom. The van der Waals surface area contributed by atoms with Gasteiger partial charge < -0.3 is 0 Å². The van der Waals surface area contributed by atoms with E-state index in [0.29, 0.717) is 23.1 Å². The second-order valence-electron chi connectivity index (χ2n) is 3.63. The van der Waals surface area contributed by atoms with Crippen LogP contribution in [-0.2, 0) is 9.59 Å². The predicted octanol–water partition coefficient (Wildman–Crippen LogP) is 2.90. The van der Waals surface area contributed by atoms with Gasteiger partial charge in [-0.25, -0.2) is 0 Å². The fraction of sp³-hybridized carbons (Fsp3) is 0.833. The van der Waals surface area contributed by atoms with E-state index >= 15 is 0 Å². The van der Waals surface area contributed by atoms with Crippen LogP contribution in [0.5, 0.6) is 0 Å². The molecule has 0 aromatic carbocycles. The highest BCUT2D eigenvalue weighted by Crippen LogP contribution is 2.31. The molecule has 98 valence electrons. The van der Waals surface area contributed by atoms with Crippen molar-refractivity contribution >= 4 is 32.0 Å². The van der Waals surface area contributed by atoms with Crippen LogP contribution in [-0.4, -0.2) is 33.2 Å². The summed E-state index contributed by atoms with van der Waals surface area (Å²) < 4.78 is 0. The van der Waals surface area contributed by atoms with Gasteiger partial charge in [-0.3, -0.25) is 9.59 Å². The van der Waals surface area contributed by atoms with E-state index in [2.05, 4.69) is 27.7 Å². The van der Waals surface area contributed by atoms with Crippen LogP contribution in [0.3, 0.4) is 0 Å². The van der Waals surface area contributed by atoms with Crippen LogP contribution >= 0.6 is 21.8 Å². The molecule has 0 bridgehead atoms. The van der Waals surface area contributed by atoms with Gasteiger partial charge in [-0.2, -0.15) is 21.8 Å². The molecule has 0 atom stereocenters. The van der Waals surface area contributed by atoms with Gasteiger partial charge >= 0.3 is 0 Å². The highest BCUT2D eigenvalue weighted by molar-refractivity contribution is 8.30. The first-order valence-corrected chi connectivity index (χ1v) is 9.58. The number of rotatable bonds is 7. The van der Waals surface area contributed by atoms with Crippen molar-refractivity contribution in [3.63, 3.8) is 0 Å². The molecule has 0 rings (SSSR count). The SMILES string of the molecule is CC[SH](CC)C(=O)CCC(=O)[SH](CC)CC. The van der Waals surface area contributed by atoms with Crippen LogP contribution in [0.25, 0.3) is 0 Å². The Morgan fingerprint density at radius 2 is 0.938 bits per heavy atom. The molecule has 0 radical (unpaired) electrons. The summed E-state index contributed by atoms with van der Waals surface area (Å²) in [5.74, 6) is 3.87. The van der Waals surface area contributed by atoms with Crippen LogP contribution in [0.2, 0.25) is 0 Å². The smallest absolute Gasteiger partial charge is 0.169 e. The van der Waals surface area contributed by atoms with Crippen molar-refractivity contribution in [2.75, 3.05) is 23.0 Å². The molecule has 0 saturated carbocycles. The first-order chi connectivity index (χ1) is 7.60. The first kappa shape index (κ1) is 16.0. The second kappa shape index (κ2) is 9.11. The summed E-state index contributed by atoms with van der Waals surface area (Å²) in [6.45, 7) is 8.28. The van der Waals surface area contributed by atoms with E-state index in [1.165, 1.54) is 0 Å². The monoisotopic (exact) mass is 266 g/mol. The fourth-order valence-electron chi connectivity index (χ4n) is 1.68. The normalized spacial score (nSPS) is 12.2. The molecule has 4 heteroatoms. The van der Waals surface area contributed by atoms with Gasteiger partial charge in [0.25, 0.3) is 0 Å². The van der Waals surface area contributed by atoms with Crippen molar-refractivity contribution in [2.45, 2.75) is 40.5 Å². The quantitative estimate of drug-likeness (QED) is 0.695. The molecule has 0 spiro atoms. The van der Waals surface area contributed by atoms with Crippen LogP contribution in [0.15, 0.2) is 0 Å². The number of carbonyl (C=O) groups is 2. The third-order valence-corrected chi connectivity index (χ3v) is 7.70. The average Bonchev–Trinajstić information content (AvgIpc) is 2.29. The standard InChI is InChI=1S/C12H26O2S2/c1-5-15(6-2)11(13)9-10-12(14)16(7-3)8-4/h15-16H,5-10H2,1-4H3. The Kier molecular flexibility index (Phi) is 9.13. The van der Waals surface area contributed by atoms with E-state index in [1.807, 2.05) is 0 Å². The molecule has 0 unspecified atom stereocenters. The zero-order valence-corrected chi connectivity index (χ0v) is 12.7. The lowest BCUT2D eigenvalue weighted by molar-refractivity contribution is -0.115. The molecule has 0 aromatic heterocycles. The fourth-order valence-corrected chi connectivity index (χ4v) is 4.84. The van der Waals surface area contributed by atoms with Gasteiger partial charge in [-0.1, -0.05) is 27.7 Å². The molecule has 2 nitrogen and oxygen atoms in total. The summed E-state index contributed by atoms with van der Waals surface area (Å²) in [5, 5.41) is 0.686. The van der Waals surface area contributed by atoms with E-state index in [0.717, 1.165) is 23.0 Å². The third-order valence-electron chi connectivity index (χ3n) is 2.79. The summed E-state index contributed by atoms with van der Waals surface area (Å²) in [6, 6.07) is 0. The highest BCUT2D eigenvalue weighted by atomic mass is 32.2. The van der Waals surface area contributed by atoms with Crippen LogP contribution in [0.4, 0.5) is 0 Å². The van der Waals surface area contributed by atoms with Gasteiger partial charge in [0.05, 0.1) is 0 Å². The molecular weight excluding hydrogens is 240 g/mol. The Morgan fingerprint density at radius 3 is 1.12 bits per heavy atom. The third kappa shape index (κ3) is 5.39. The maximum absolute atomic E-state index is 11.8. The molecule has 0 amide bonds. The Hall–Kier alpha value is 0.0400. The molecule has 0 heterocycles. The minimum Gasteiger partial charge on any atom is -0.289 e. The summed E-state index contributed by atoms with van der Waals surface area (Å²) >= 11 is 0. The average molecular weight is 266 g/mol. The van der Waals surface area contributed by atoms with Gasteiger partial charge in [0.1, 0.15) is 0 Å². The van der Waals surface area contributed by atoms with E-state index < -0.39 is 21.8 Å². The minimum absolute atomic E-state index is 0.343. The lowest BCUT2D eigenvalue weighted by Crippen LogP contribution is -2.09. The maximum atomic E-state index is 11.8. The molecule has 0 aliphatic heterocycles. The minimum atomic E-state index is -0.460. The zero-order valence-electron chi connectivity index (χ0n) is 11.0. The Balaban J connectivity index is 4.04. The van der Waals surface area contributed by atoms with Crippen LogP contribution < -0.4 is 0 Å². The summed E-state index contributed by atoms with van der Waals surface area (Å²) in [7, 11) is -0.920. The van der Waals surface area contributed by atoms with Gasteiger partial charge in [-0.15, -0.1) is 0 Å². The Bertz CT molecular complexity index is 197. The second-order valence-corrected chi connectivity index (χ2v) is 9.32. The van der Waals surface area contributed by atoms with E-state index in [-0.39, 0.29) is 0 Å². The van der Waals surface area contributed by atoms with E-state index in [1.54, 1.807) is 0 Å². The van der Waals surface area contributed by atoms with Crippen LogP contribution in [0, 0.1) is 0 Å². The number of hydrogen-bond donors (Lipinski definition) is 2. The highest BCUT2D eigenvalue weighted by Gasteiger charge is 2.15. The molecule has 0 fully saturated rings. The number of carbonyl (C=O) groups excluding carboxylic acids is 2. The van der Waals surface area contributed by atoms with Crippen molar-refractivity contribution < 1.29 is 9.59 Å². The number of thiol groups is 2. The van der Waals surface area contributed by atoms with Crippen molar-refractivity contribution in [2.24, 2.45) is 0 Å². The molecular formula is C12H26O2S2. The van der Waals surface area contributed by atoms with Crippen LogP contribution in [0.1, 0.15) is 40.5 Å². The zero-order chi connectivity index (χ0) is 12.6. The molecule has 0 aliphatic carbocycles. The molecule has 0 saturated heterocycles. The largest absolute Gasteiger partial charge is 0.289 e. The van der Waals surface area contributed by atoms with Crippen molar-refractivity contribution in [3.05, 3.63) is 0 Å². The maximum Gasteiger partial charge on any atom is 0.169 e. The lowest BCUT2D eigenvalue weighted by atomic mass is 10.4. The molecule has 0 aromatic rings. The molecule has 0 aliphatic rings. The summed E-state index contributed by atoms with van der Waals surface area (Å²) in [6.07, 6.45) is 0.982. The van der Waals surface area contributed by atoms with Crippen molar-refractivity contribution in [3.8, 4) is 0 Å². The van der Waals surface area contributed by atoms with Gasteiger partial charge in [0.2, 0.25) is 0 Å². The topological polar surface area (TPSA) is 34.1 Å². The van der Waals surface area contributed by atoms with Crippen molar-refractivity contribution in [1.82, 2.24) is 0 Å². The van der Waals surface area contributed by atoms with Gasteiger partial charge in [0, 0.05) is 12.8 Å².